The van der Waals surface area contributed by atoms with Crippen LogP contribution in [0.4, 0.5) is 11.5 Å². The molecule has 1 N–H and O–H groups in total. The van der Waals surface area contributed by atoms with E-state index in [4.69, 9.17) is 9.26 Å². The van der Waals surface area contributed by atoms with Crippen molar-refractivity contribution in [2.24, 2.45) is 0 Å². The van der Waals surface area contributed by atoms with Gasteiger partial charge in [0.1, 0.15) is 22.7 Å². The van der Waals surface area contributed by atoms with Crippen LogP contribution in [0, 0.1) is 6.92 Å². The van der Waals surface area contributed by atoms with E-state index in [0.717, 1.165) is 32.8 Å². The zero-order valence-corrected chi connectivity index (χ0v) is 14.5. The highest BCUT2D eigenvalue weighted by Gasteiger charge is 2.13. The molecule has 0 fully saturated rings. The van der Waals surface area contributed by atoms with Crippen LogP contribution < -0.4 is 10.1 Å². The number of benzene rings is 1. The van der Waals surface area contributed by atoms with Gasteiger partial charge in [-0.2, -0.15) is 4.98 Å². The maximum Gasteiger partial charge on any atom is 0.257 e. The van der Waals surface area contributed by atoms with Crippen molar-refractivity contribution in [2.75, 3.05) is 11.9 Å². The lowest BCUT2D eigenvalue weighted by molar-refractivity contribution is 0.342. The lowest BCUT2D eigenvalue weighted by atomic mass is 10.1. The number of hydrogen-bond acceptors (Lipinski definition) is 8. The lowest BCUT2D eigenvalue weighted by Crippen LogP contribution is -2.00. The van der Waals surface area contributed by atoms with Crippen molar-refractivity contribution in [2.45, 2.75) is 13.8 Å². The van der Waals surface area contributed by atoms with Gasteiger partial charge in [-0.05, 0) is 43.0 Å². The molecule has 8 heteroatoms. The monoisotopic (exact) mass is 353 g/mol. The molecule has 0 bridgehead atoms. The first-order valence-corrected chi connectivity index (χ1v) is 8.64. The minimum absolute atomic E-state index is 0.450. The molecule has 1 aromatic carbocycles. The van der Waals surface area contributed by atoms with Crippen molar-refractivity contribution >= 4 is 33.1 Å². The quantitative estimate of drug-likeness (QED) is 0.575. The van der Waals surface area contributed by atoms with E-state index in [-0.39, 0.29) is 0 Å². The van der Waals surface area contributed by atoms with Crippen LogP contribution in [0.1, 0.15) is 12.5 Å². The van der Waals surface area contributed by atoms with Gasteiger partial charge in [0.15, 0.2) is 6.33 Å². The normalized spacial score (nSPS) is 11.0. The van der Waals surface area contributed by atoms with E-state index in [1.165, 1.54) is 6.33 Å². The molecule has 4 rings (SSSR count). The standard InChI is InChI=1S/C17H15N5O2S/c1-3-23-13-6-11(16-19-9-21-24-16)4-5-12(13)22-15-14-10(2)7-25-17(14)20-8-18-15/h4-9H,3H2,1-2H3,(H,18,20,22). The fourth-order valence-corrected chi connectivity index (χ4v) is 3.46. The highest BCUT2D eigenvalue weighted by atomic mass is 32.1. The first-order chi connectivity index (χ1) is 12.3. The number of nitrogens with zero attached hydrogens (tertiary/aromatic N) is 4. The van der Waals surface area contributed by atoms with Gasteiger partial charge in [-0.15, -0.1) is 11.3 Å². The summed E-state index contributed by atoms with van der Waals surface area (Å²) in [5, 5.41) is 10.1. The Balaban J connectivity index is 1.75. The predicted octanol–water partition coefficient (Wildman–Crippen LogP) is 4.19. The summed E-state index contributed by atoms with van der Waals surface area (Å²) >= 11 is 1.60. The van der Waals surface area contributed by atoms with Crippen molar-refractivity contribution in [1.29, 1.82) is 0 Å². The molecular weight excluding hydrogens is 338 g/mol. The minimum atomic E-state index is 0.450. The number of hydrogen-bond donors (Lipinski definition) is 1. The van der Waals surface area contributed by atoms with Gasteiger partial charge in [0, 0.05) is 5.56 Å². The molecule has 7 nitrogen and oxygen atoms in total. The SMILES string of the molecule is CCOc1cc(-c2ncno2)ccc1Nc1ncnc2scc(C)c12. The number of ether oxygens (including phenoxy) is 1. The molecule has 0 saturated carbocycles. The predicted molar refractivity (Wildman–Crippen MR) is 96.3 cm³/mol. The third-order valence-corrected chi connectivity index (χ3v) is 4.70. The van der Waals surface area contributed by atoms with Crippen LogP contribution in [0.2, 0.25) is 0 Å². The molecule has 0 aliphatic rings. The molecule has 3 heterocycles. The summed E-state index contributed by atoms with van der Waals surface area (Å²) in [5.41, 5.74) is 2.75. The Kier molecular flexibility index (Phi) is 4.02. The van der Waals surface area contributed by atoms with Crippen molar-refractivity contribution in [3.63, 3.8) is 0 Å². The number of nitrogens with one attached hydrogen (secondary N) is 1. The van der Waals surface area contributed by atoms with Crippen LogP contribution >= 0.6 is 11.3 Å². The third kappa shape index (κ3) is 2.91. The summed E-state index contributed by atoms with van der Waals surface area (Å²) in [6, 6.07) is 5.69. The smallest absolute Gasteiger partial charge is 0.257 e. The molecule has 3 aromatic heterocycles. The zero-order valence-electron chi connectivity index (χ0n) is 13.7. The molecule has 0 atom stereocenters. The van der Waals surface area contributed by atoms with E-state index in [2.05, 4.69) is 37.7 Å². The number of aryl methyl sites for hydroxylation is 1. The van der Waals surface area contributed by atoms with Crippen LogP contribution in [0.5, 0.6) is 5.75 Å². The van der Waals surface area contributed by atoms with Gasteiger partial charge in [0.05, 0.1) is 17.7 Å². The number of aromatic nitrogens is 4. The molecule has 0 saturated heterocycles. The van der Waals surface area contributed by atoms with Gasteiger partial charge >= 0.3 is 0 Å². The summed E-state index contributed by atoms with van der Waals surface area (Å²) in [5.74, 6) is 1.90. The van der Waals surface area contributed by atoms with Gasteiger partial charge in [0.25, 0.3) is 5.89 Å². The maximum atomic E-state index is 5.78. The molecule has 4 aromatic rings. The van der Waals surface area contributed by atoms with Crippen LogP contribution in [0.15, 0.2) is 40.8 Å². The second kappa shape index (κ2) is 6.48. The van der Waals surface area contributed by atoms with E-state index in [9.17, 15) is 0 Å². The Morgan fingerprint density at radius 1 is 1.20 bits per heavy atom. The highest BCUT2D eigenvalue weighted by Crippen LogP contribution is 2.35. The molecule has 0 unspecified atom stereocenters. The molecule has 0 aliphatic carbocycles. The maximum absolute atomic E-state index is 5.78. The Morgan fingerprint density at radius 2 is 2.12 bits per heavy atom. The number of thiophene rings is 1. The van der Waals surface area contributed by atoms with Crippen molar-refractivity contribution in [3.8, 4) is 17.2 Å². The van der Waals surface area contributed by atoms with Gasteiger partial charge in [0.2, 0.25) is 0 Å². The molecule has 0 spiro atoms. The van der Waals surface area contributed by atoms with Crippen LogP contribution in [0.25, 0.3) is 21.7 Å². The molecule has 0 amide bonds. The Hall–Kier alpha value is -3.00. The Morgan fingerprint density at radius 3 is 2.92 bits per heavy atom. The Bertz CT molecular complexity index is 1010. The molecule has 25 heavy (non-hydrogen) atoms. The Labute approximate surface area is 147 Å². The molecule has 0 aliphatic heterocycles. The van der Waals surface area contributed by atoms with E-state index in [1.807, 2.05) is 25.1 Å². The summed E-state index contributed by atoms with van der Waals surface area (Å²) in [6.45, 7) is 4.53. The van der Waals surface area contributed by atoms with E-state index in [1.54, 1.807) is 17.7 Å². The van der Waals surface area contributed by atoms with E-state index in [0.29, 0.717) is 18.2 Å². The largest absolute Gasteiger partial charge is 0.492 e. The summed E-state index contributed by atoms with van der Waals surface area (Å²) in [4.78, 5) is 13.7. The summed E-state index contributed by atoms with van der Waals surface area (Å²) in [6.07, 6.45) is 2.94. The van der Waals surface area contributed by atoms with Gasteiger partial charge < -0.3 is 14.6 Å². The zero-order chi connectivity index (χ0) is 17.2. The average molecular weight is 353 g/mol. The van der Waals surface area contributed by atoms with E-state index < -0.39 is 0 Å². The van der Waals surface area contributed by atoms with Crippen LogP contribution in [-0.2, 0) is 0 Å². The lowest BCUT2D eigenvalue weighted by Gasteiger charge is -2.13. The minimum Gasteiger partial charge on any atom is -0.492 e. The van der Waals surface area contributed by atoms with Gasteiger partial charge in [-0.3, -0.25) is 0 Å². The first-order valence-electron chi connectivity index (χ1n) is 7.76. The number of fused-ring (bicyclic) bond motifs is 1. The van der Waals surface area contributed by atoms with Crippen LogP contribution in [-0.4, -0.2) is 26.7 Å². The average Bonchev–Trinajstić information content (AvgIpc) is 3.28. The summed E-state index contributed by atoms with van der Waals surface area (Å²) in [7, 11) is 0. The fourth-order valence-electron chi connectivity index (χ4n) is 2.57. The summed E-state index contributed by atoms with van der Waals surface area (Å²) < 4.78 is 10.9. The van der Waals surface area contributed by atoms with Crippen LogP contribution in [0.3, 0.4) is 0 Å². The van der Waals surface area contributed by atoms with Crippen molar-refractivity contribution in [3.05, 3.63) is 41.8 Å². The molecular formula is C17H15N5O2S. The topological polar surface area (TPSA) is 86.0 Å². The second-order valence-corrected chi connectivity index (χ2v) is 6.19. The fraction of sp³-hybridized carbons (Fsp3) is 0.176. The van der Waals surface area contributed by atoms with E-state index >= 15 is 0 Å². The van der Waals surface area contributed by atoms with Gasteiger partial charge in [-0.25, -0.2) is 9.97 Å². The number of anilines is 2. The first kappa shape index (κ1) is 15.5. The molecule has 126 valence electrons. The molecule has 0 radical (unpaired) electrons. The highest BCUT2D eigenvalue weighted by molar-refractivity contribution is 7.17. The van der Waals surface area contributed by atoms with Gasteiger partial charge in [-0.1, -0.05) is 5.16 Å². The second-order valence-electron chi connectivity index (χ2n) is 5.34. The van der Waals surface area contributed by atoms with Crippen molar-refractivity contribution < 1.29 is 9.26 Å². The van der Waals surface area contributed by atoms with Crippen molar-refractivity contribution in [1.82, 2.24) is 20.1 Å². The third-order valence-electron chi connectivity index (χ3n) is 3.70. The number of rotatable bonds is 5.